The molecule has 3 rings (SSSR count). The molecule has 1 aliphatic heterocycles. The highest BCUT2D eigenvalue weighted by molar-refractivity contribution is 7.12. The summed E-state index contributed by atoms with van der Waals surface area (Å²) in [5.74, 6) is 0. The predicted octanol–water partition coefficient (Wildman–Crippen LogP) is 3.26. The van der Waals surface area contributed by atoms with Crippen LogP contribution >= 0.6 is 11.3 Å². The fraction of sp³-hybridized carbons (Fsp3) is 0.0909. The minimum absolute atomic E-state index is 0. The van der Waals surface area contributed by atoms with Gasteiger partial charge in [-0.15, -0.1) is 11.3 Å². The van der Waals surface area contributed by atoms with E-state index in [9.17, 15) is 0 Å². The Morgan fingerprint density at radius 2 is 2.00 bits per heavy atom. The van der Waals surface area contributed by atoms with Gasteiger partial charge in [-0.05, 0) is 6.07 Å². The van der Waals surface area contributed by atoms with Gasteiger partial charge in [-0.2, -0.15) is 0 Å². The number of para-hydroxylation sites is 1. The molecule has 3 heteroatoms. The zero-order valence-corrected chi connectivity index (χ0v) is 7.58. The van der Waals surface area contributed by atoms with Crippen LogP contribution in [-0.2, 0) is 0 Å². The summed E-state index contributed by atoms with van der Waals surface area (Å²) in [5, 5.41) is 0. The third-order valence-electron chi connectivity index (χ3n) is 2.06. The van der Waals surface area contributed by atoms with Crippen LogP contribution in [0, 0.1) is 0 Å². The van der Waals surface area contributed by atoms with E-state index in [1.807, 2.05) is 29.9 Å². The van der Waals surface area contributed by atoms with Crippen molar-refractivity contribution in [1.29, 1.82) is 0 Å². The molecule has 1 aliphatic rings. The largest absolute Gasteiger partial charge is 0.252 e. The van der Waals surface area contributed by atoms with Crippen molar-refractivity contribution in [2.75, 3.05) is 0 Å². The maximum Gasteiger partial charge on any atom is 0.0919 e. The number of thiazole rings is 1. The van der Waals surface area contributed by atoms with E-state index in [1.54, 1.807) is 11.3 Å². The normalized spacial score (nSPS) is 12.1. The molecule has 0 unspecified atom stereocenters. The van der Waals surface area contributed by atoms with Gasteiger partial charge >= 0.3 is 0 Å². The third-order valence-corrected chi connectivity index (χ3v) is 2.84. The average Bonchev–Trinajstić information content (AvgIpc) is 2.60. The maximum absolute atomic E-state index is 4.41. The Morgan fingerprint density at radius 1 is 1.14 bits per heavy atom. The van der Waals surface area contributed by atoms with Crippen LogP contribution in [-0.4, -0.2) is 10.7 Å². The van der Waals surface area contributed by atoms with Gasteiger partial charge in [-0.3, -0.25) is 4.98 Å². The van der Waals surface area contributed by atoms with Gasteiger partial charge in [0.05, 0.1) is 21.8 Å². The molecule has 1 aromatic heterocycles. The van der Waals surface area contributed by atoms with E-state index in [0.717, 1.165) is 16.3 Å². The van der Waals surface area contributed by atoms with Crippen molar-refractivity contribution in [3.63, 3.8) is 0 Å². The first-order valence-electron chi connectivity index (χ1n) is 4.02. The first kappa shape index (κ1) is 9.09. The summed E-state index contributed by atoms with van der Waals surface area (Å²) < 4.78 is 0. The molecule has 0 fully saturated rings. The maximum atomic E-state index is 4.41. The zero-order chi connectivity index (χ0) is 8.67. The molecular weight excluding hydrogens is 192 g/mol. The number of nitrogens with zero attached hydrogens (tertiary/aromatic N) is 2. The number of aromatic nitrogens is 1. The van der Waals surface area contributed by atoms with Gasteiger partial charge in [-0.1, -0.05) is 25.6 Å². The first-order chi connectivity index (χ1) is 6.45. The van der Waals surface area contributed by atoms with Crippen LogP contribution in [0.3, 0.4) is 0 Å². The lowest BCUT2D eigenvalue weighted by molar-refractivity contribution is 1.38. The number of hydrogen-bond donors (Lipinski definition) is 0. The molecule has 0 spiro atoms. The standard InChI is InChI=1S/C10H6N2S.CH4/c1-2-4-8-7(3-1)10(12-8)9-5-11-6-13-9;/h1-6H;1H4. The van der Waals surface area contributed by atoms with Crippen LogP contribution in [0.1, 0.15) is 17.9 Å². The monoisotopic (exact) mass is 202 g/mol. The molecular formula is C11H10N2S. The van der Waals surface area contributed by atoms with Crippen LogP contribution in [0.25, 0.3) is 0 Å². The number of fused-ring (bicyclic) bond motifs is 1. The van der Waals surface area contributed by atoms with Crippen LogP contribution in [0.4, 0.5) is 5.69 Å². The minimum Gasteiger partial charge on any atom is -0.252 e. The second-order valence-electron chi connectivity index (χ2n) is 2.84. The summed E-state index contributed by atoms with van der Waals surface area (Å²) in [7, 11) is 0. The predicted molar refractivity (Wildman–Crippen MR) is 60.6 cm³/mol. The van der Waals surface area contributed by atoms with Crippen LogP contribution in [0.15, 0.2) is 41.0 Å². The second kappa shape index (κ2) is 3.35. The van der Waals surface area contributed by atoms with E-state index in [2.05, 4.69) is 16.0 Å². The molecule has 0 saturated heterocycles. The highest BCUT2D eigenvalue weighted by atomic mass is 32.1. The molecule has 2 nitrogen and oxygen atoms in total. The summed E-state index contributed by atoms with van der Waals surface area (Å²) in [5.41, 5.74) is 5.24. The quantitative estimate of drug-likeness (QED) is 0.594. The Morgan fingerprint density at radius 3 is 2.71 bits per heavy atom. The number of benzene rings is 1. The highest BCUT2D eigenvalue weighted by Crippen LogP contribution is 2.33. The molecule has 70 valence electrons. The van der Waals surface area contributed by atoms with Crippen molar-refractivity contribution in [3.05, 3.63) is 46.4 Å². The number of aliphatic imine (C=N–C) groups is 1. The van der Waals surface area contributed by atoms with Gasteiger partial charge in [0.25, 0.3) is 0 Å². The molecule has 0 bridgehead atoms. The van der Waals surface area contributed by atoms with Crippen molar-refractivity contribution >= 4 is 22.7 Å². The summed E-state index contributed by atoms with van der Waals surface area (Å²) in [6.45, 7) is 0. The van der Waals surface area contributed by atoms with Gasteiger partial charge in [0.1, 0.15) is 0 Å². The van der Waals surface area contributed by atoms with Crippen molar-refractivity contribution in [2.24, 2.45) is 4.99 Å². The highest BCUT2D eigenvalue weighted by Gasteiger charge is 2.19. The topological polar surface area (TPSA) is 25.2 Å². The fourth-order valence-electron chi connectivity index (χ4n) is 1.42. The Bertz CT molecular complexity index is 472. The molecule has 2 heterocycles. The van der Waals surface area contributed by atoms with E-state index < -0.39 is 0 Å². The Labute approximate surface area is 87.0 Å². The lowest BCUT2D eigenvalue weighted by atomic mass is 10.0. The van der Waals surface area contributed by atoms with Crippen LogP contribution in [0.5, 0.6) is 0 Å². The van der Waals surface area contributed by atoms with Gasteiger partial charge in [0, 0.05) is 11.8 Å². The number of hydrogen-bond acceptors (Lipinski definition) is 3. The summed E-state index contributed by atoms with van der Waals surface area (Å²) in [6, 6.07) is 8.16. The van der Waals surface area contributed by atoms with Crippen molar-refractivity contribution < 1.29 is 0 Å². The van der Waals surface area contributed by atoms with E-state index in [-0.39, 0.29) is 7.43 Å². The Kier molecular flexibility index (Phi) is 2.17. The SMILES string of the molecule is C.c1ccc2c(c1)N=C2c1cncs1. The van der Waals surface area contributed by atoms with Gasteiger partial charge < -0.3 is 0 Å². The summed E-state index contributed by atoms with van der Waals surface area (Å²) in [6.07, 6.45) is 1.86. The smallest absolute Gasteiger partial charge is 0.0919 e. The molecule has 0 amide bonds. The molecule has 0 aliphatic carbocycles. The molecule has 0 saturated carbocycles. The third kappa shape index (κ3) is 1.17. The molecule has 2 aromatic rings. The van der Waals surface area contributed by atoms with Crippen LogP contribution in [0.2, 0.25) is 0 Å². The lowest BCUT2D eigenvalue weighted by Gasteiger charge is -2.15. The Balaban J connectivity index is 0.000000750. The Hall–Kier alpha value is -1.48. The van der Waals surface area contributed by atoms with E-state index in [1.165, 1.54) is 5.56 Å². The van der Waals surface area contributed by atoms with Gasteiger partial charge in [0.15, 0.2) is 0 Å². The van der Waals surface area contributed by atoms with E-state index >= 15 is 0 Å². The minimum atomic E-state index is 0. The molecule has 14 heavy (non-hydrogen) atoms. The molecule has 0 N–H and O–H groups in total. The van der Waals surface area contributed by atoms with Crippen molar-refractivity contribution in [2.45, 2.75) is 7.43 Å². The second-order valence-corrected chi connectivity index (χ2v) is 3.73. The van der Waals surface area contributed by atoms with Crippen LogP contribution < -0.4 is 0 Å². The van der Waals surface area contributed by atoms with Gasteiger partial charge in [0.2, 0.25) is 0 Å². The number of rotatable bonds is 1. The lowest BCUT2D eigenvalue weighted by Crippen LogP contribution is -2.08. The van der Waals surface area contributed by atoms with Gasteiger partial charge in [-0.25, -0.2) is 4.99 Å². The molecule has 0 atom stereocenters. The average molecular weight is 202 g/mol. The van der Waals surface area contributed by atoms with Crippen molar-refractivity contribution in [3.8, 4) is 0 Å². The summed E-state index contributed by atoms with van der Waals surface area (Å²) >= 11 is 1.63. The molecule has 1 aromatic carbocycles. The fourth-order valence-corrected chi connectivity index (χ4v) is 2.04. The summed E-state index contributed by atoms with van der Waals surface area (Å²) in [4.78, 5) is 9.60. The van der Waals surface area contributed by atoms with Crippen molar-refractivity contribution in [1.82, 2.24) is 4.98 Å². The van der Waals surface area contributed by atoms with E-state index in [0.29, 0.717) is 0 Å². The molecule has 0 radical (unpaired) electrons. The van der Waals surface area contributed by atoms with E-state index in [4.69, 9.17) is 0 Å². The zero-order valence-electron chi connectivity index (χ0n) is 6.77. The first-order valence-corrected chi connectivity index (χ1v) is 4.90.